The van der Waals surface area contributed by atoms with Crippen LogP contribution in [0.4, 0.5) is 10.8 Å². The number of carbonyl (C=O) groups excluding carboxylic acids is 1. The lowest BCUT2D eigenvalue weighted by Gasteiger charge is -2.19. The Kier molecular flexibility index (Phi) is 6.69. The van der Waals surface area contributed by atoms with Crippen LogP contribution in [0.25, 0.3) is 16.3 Å². The van der Waals surface area contributed by atoms with Gasteiger partial charge < -0.3 is 4.90 Å². The molecule has 3 rings (SSSR count). The molecule has 0 N–H and O–H groups in total. The summed E-state index contributed by atoms with van der Waals surface area (Å²) in [5, 5.41) is 11.6. The number of nitro benzene ring substituents is 1. The molecular formula is C21H22N4O3S. The largest absolute Gasteiger partial charge is 0.309 e. The van der Waals surface area contributed by atoms with Gasteiger partial charge >= 0.3 is 0 Å². The highest BCUT2D eigenvalue weighted by atomic mass is 32.1. The normalized spacial score (nSPS) is 11.4. The number of amides is 1. The molecule has 0 aliphatic heterocycles. The first-order chi connectivity index (χ1) is 13.9. The fourth-order valence-corrected chi connectivity index (χ4v) is 3.82. The zero-order chi connectivity index (χ0) is 20.8. The van der Waals surface area contributed by atoms with Crippen molar-refractivity contribution in [2.45, 2.75) is 6.42 Å². The van der Waals surface area contributed by atoms with Crippen LogP contribution in [0.15, 0.2) is 54.6 Å². The molecule has 29 heavy (non-hydrogen) atoms. The number of fused-ring (bicyclic) bond motifs is 1. The summed E-state index contributed by atoms with van der Waals surface area (Å²) in [5.74, 6) is -0.200. The molecule has 0 aliphatic carbocycles. The molecule has 2 aromatic carbocycles. The molecule has 1 amide bonds. The number of hydrogen-bond acceptors (Lipinski definition) is 6. The number of nitro groups is 1. The minimum atomic E-state index is -0.451. The summed E-state index contributed by atoms with van der Waals surface area (Å²) in [6.07, 6.45) is 3.85. The number of benzene rings is 2. The van der Waals surface area contributed by atoms with Gasteiger partial charge in [-0.05, 0) is 50.8 Å². The van der Waals surface area contributed by atoms with Gasteiger partial charge in [-0.15, -0.1) is 0 Å². The van der Waals surface area contributed by atoms with Crippen molar-refractivity contribution in [2.75, 3.05) is 32.1 Å². The van der Waals surface area contributed by atoms with Gasteiger partial charge in [-0.25, -0.2) is 4.98 Å². The van der Waals surface area contributed by atoms with Crippen molar-refractivity contribution in [1.82, 2.24) is 9.88 Å². The van der Waals surface area contributed by atoms with Crippen molar-refractivity contribution in [3.63, 3.8) is 0 Å². The molecule has 1 aromatic heterocycles. The molecular weight excluding hydrogens is 388 g/mol. The van der Waals surface area contributed by atoms with Crippen LogP contribution in [0.2, 0.25) is 0 Å². The van der Waals surface area contributed by atoms with Crippen LogP contribution in [0.5, 0.6) is 0 Å². The first-order valence-corrected chi connectivity index (χ1v) is 10.00. The average Bonchev–Trinajstić information content (AvgIpc) is 3.13. The van der Waals surface area contributed by atoms with Gasteiger partial charge in [0.05, 0.1) is 15.1 Å². The lowest BCUT2D eigenvalue weighted by Crippen LogP contribution is -2.32. The van der Waals surface area contributed by atoms with Gasteiger partial charge in [0.2, 0.25) is 0 Å². The molecule has 0 radical (unpaired) electrons. The Hall–Kier alpha value is -3.10. The third-order valence-corrected chi connectivity index (χ3v) is 5.33. The number of aromatic nitrogens is 1. The number of para-hydroxylation sites is 1. The van der Waals surface area contributed by atoms with Crippen LogP contribution < -0.4 is 4.90 Å². The minimum Gasteiger partial charge on any atom is -0.309 e. The Labute approximate surface area is 173 Å². The van der Waals surface area contributed by atoms with E-state index < -0.39 is 4.92 Å². The highest BCUT2D eigenvalue weighted by molar-refractivity contribution is 7.22. The van der Waals surface area contributed by atoms with E-state index in [2.05, 4.69) is 9.88 Å². The minimum absolute atomic E-state index is 0.00592. The van der Waals surface area contributed by atoms with E-state index in [0.717, 1.165) is 23.2 Å². The van der Waals surface area contributed by atoms with Crippen molar-refractivity contribution < 1.29 is 9.72 Å². The van der Waals surface area contributed by atoms with Crippen molar-refractivity contribution in [3.8, 4) is 0 Å². The van der Waals surface area contributed by atoms with Gasteiger partial charge in [0.1, 0.15) is 0 Å². The van der Waals surface area contributed by atoms with Crippen LogP contribution in [-0.4, -0.2) is 47.9 Å². The Bertz CT molecular complexity index is 1010. The predicted octanol–water partition coefficient (Wildman–Crippen LogP) is 4.20. The molecule has 8 heteroatoms. The number of carbonyl (C=O) groups is 1. The molecule has 0 aliphatic rings. The second kappa shape index (κ2) is 9.40. The fraction of sp³-hybridized carbons (Fsp3) is 0.238. The molecule has 0 atom stereocenters. The smallest absolute Gasteiger partial charge is 0.270 e. The summed E-state index contributed by atoms with van der Waals surface area (Å²) in [6, 6.07) is 14.0. The maximum absolute atomic E-state index is 12.9. The maximum atomic E-state index is 12.9. The van der Waals surface area contributed by atoms with Gasteiger partial charge in [0.15, 0.2) is 5.13 Å². The van der Waals surface area contributed by atoms with Crippen molar-refractivity contribution in [2.24, 2.45) is 0 Å². The van der Waals surface area contributed by atoms with E-state index in [4.69, 9.17) is 0 Å². The highest BCUT2D eigenvalue weighted by Gasteiger charge is 2.17. The summed E-state index contributed by atoms with van der Waals surface area (Å²) in [6.45, 7) is 1.39. The van der Waals surface area contributed by atoms with E-state index in [0.29, 0.717) is 17.2 Å². The average molecular weight is 410 g/mol. The van der Waals surface area contributed by atoms with Gasteiger partial charge in [0.25, 0.3) is 11.6 Å². The van der Waals surface area contributed by atoms with E-state index in [1.165, 1.54) is 29.5 Å². The Morgan fingerprint density at radius 1 is 1.17 bits per heavy atom. The molecule has 0 unspecified atom stereocenters. The van der Waals surface area contributed by atoms with Gasteiger partial charge in [0, 0.05) is 24.8 Å². The Morgan fingerprint density at radius 3 is 2.69 bits per heavy atom. The SMILES string of the molecule is CN(C)CCCN(C(=O)C=Cc1cccc([N+](=O)[O-])c1)c1nc2ccccc2s1. The van der Waals surface area contributed by atoms with E-state index in [9.17, 15) is 14.9 Å². The second-order valence-corrected chi connectivity index (χ2v) is 7.81. The van der Waals surface area contributed by atoms with Gasteiger partial charge in [-0.3, -0.25) is 19.8 Å². The number of non-ortho nitro benzene ring substituents is 1. The number of rotatable bonds is 8. The third-order valence-electron chi connectivity index (χ3n) is 4.27. The standard InChI is InChI=1S/C21H22N4O3S/c1-23(2)13-6-14-24(21-22-18-9-3-4-10-19(18)29-21)20(26)12-11-16-7-5-8-17(15-16)25(27)28/h3-5,7-12,15H,6,13-14H2,1-2H3. The summed E-state index contributed by atoms with van der Waals surface area (Å²) >= 11 is 1.48. The molecule has 7 nitrogen and oxygen atoms in total. The van der Waals surface area contributed by atoms with Crippen LogP contribution in [-0.2, 0) is 4.79 Å². The molecule has 150 valence electrons. The predicted molar refractivity (Wildman–Crippen MR) is 117 cm³/mol. The molecule has 0 saturated carbocycles. The molecule has 1 heterocycles. The van der Waals surface area contributed by atoms with E-state index in [1.807, 2.05) is 38.4 Å². The zero-order valence-electron chi connectivity index (χ0n) is 16.3. The maximum Gasteiger partial charge on any atom is 0.270 e. The molecule has 3 aromatic rings. The number of anilines is 1. The lowest BCUT2D eigenvalue weighted by molar-refractivity contribution is -0.384. The number of nitrogens with zero attached hydrogens (tertiary/aromatic N) is 4. The first-order valence-electron chi connectivity index (χ1n) is 9.18. The summed E-state index contributed by atoms with van der Waals surface area (Å²) < 4.78 is 1.02. The summed E-state index contributed by atoms with van der Waals surface area (Å²) in [5.41, 5.74) is 1.46. The quantitative estimate of drug-likeness (QED) is 0.316. The number of thiazole rings is 1. The van der Waals surface area contributed by atoms with Gasteiger partial charge in [-0.2, -0.15) is 0 Å². The molecule has 0 fully saturated rings. The lowest BCUT2D eigenvalue weighted by atomic mass is 10.2. The van der Waals surface area contributed by atoms with Crippen LogP contribution >= 0.6 is 11.3 Å². The highest BCUT2D eigenvalue weighted by Crippen LogP contribution is 2.29. The van der Waals surface area contributed by atoms with Gasteiger partial charge in [-0.1, -0.05) is 35.6 Å². The Balaban J connectivity index is 1.83. The van der Waals surface area contributed by atoms with Crippen LogP contribution in [0, 0.1) is 10.1 Å². The first kappa shape index (κ1) is 20.6. The monoisotopic (exact) mass is 410 g/mol. The summed E-state index contributed by atoms with van der Waals surface area (Å²) in [7, 11) is 3.98. The second-order valence-electron chi connectivity index (χ2n) is 6.80. The van der Waals surface area contributed by atoms with Crippen molar-refractivity contribution in [1.29, 1.82) is 0 Å². The third kappa shape index (κ3) is 5.46. The summed E-state index contributed by atoms with van der Waals surface area (Å²) in [4.78, 5) is 31.8. The van der Waals surface area contributed by atoms with Crippen LogP contribution in [0.1, 0.15) is 12.0 Å². The topological polar surface area (TPSA) is 79.6 Å². The fourth-order valence-electron chi connectivity index (χ4n) is 2.82. The zero-order valence-corrected chi connectivity index (χ0v) is 17.1. The van der Waals surface area contributed by atoms with E-state index in [1.54, 1.807) is 23.1 Å². The molecule has 0 spiro atoms. The van der Waals surface area contributed by atoms with Crippen LogP contribution in [0.3, 0.4) is 0 Å². The van der Waals surface area contributed by atoms with Crippen molar-refractivity contribution >= 4 is 44.4 Å². The van der Waals surface area contributed by atoms with Crippen molar-refractivity contribution in [3.05, 3.63) is 70.3 Å². The Morgan fingerprint density at radius 2 is 1.97 bits per heavy atom. The van der Waals surface area contributed by atoms with E-state index in [-0.39, 0.29) is 11.6 Å². The molecule has 0 saturated heterocycles. The number of hydrogen-bond donors (Lipinski definition) is 0. The molecule has 0 bridgehead atoms. The van der Waals surface area contributed by atoms with E-state index >= 15 is 0 Å².